The third-order valence-corrected chi connectivity index (χ3v) is 5.97. The number of piperazine rings is 1. The number of halogens is 4. The number of amides is 2. The Hall–Kier alpha value is -2.10. The van der Waals surface area contributed by atoms with Gasteiger partial charge in [0, 0.05) is 30.7 Å². The maximum absolute atomic E-state index is 13.4. The Kier molecular flexibility index (Phi) is 4.64. The van der Waals surface area contributed by atoms with Gasteiger partial charge in [0.05, 0.1) is 11.1 Å². The molecule has 1 aliphatic carbocycles. The van der Waals surface area contributed by atoms with E-state index < -0.39 is 17.6 Å². The highest BCUT2D eigenvalue weighted by Gasteiger charge is 2.37. The van der Waals surface area contributed by atoms with Gasteiger partial charge >= 0.3 is 6.18 Å². The average Bonchev–Trinajstić information content (AvgIpc) is 2.89. The summed E-state index contributed by atoms with van der Waals surface area (Å²) in [7, 11) is 1.50. The molecule has 28 heavy (non-hydrogen) atoms. The first-order valence-corrected chi connectivity index (χ1v) is 9.78. The monoisotopic (exact) mass is 458 g/mol. The lowest BCUT2D eigenvalue weighted by molar-refractivity contribution is -0.139. The van der Waals surface area contributed by atoms with Gasteiger partial charge in [0.25, 0.3) is 5.91 Å². The molecule has 0 N–H and O–H groups in total. The van der Waals surface area contributed by atoms with Gasteiger partial charge in [-0.15, -0.1) is 0 Å². The van der Waals surface area contributed by atoms with Crippen LogP contribution in [0, 0.1) is 0 Å². The molecular weight excluding hydrogens is 441 g/mol. The van der Waals surface area contributed by atoms with E-state index in [9.17, 15) is 22.8 Å². The number of hydrogen-bond donors (Lipinski definition) is 0. The molecule has 1 saturated carbocycles. The van der Waals surface area contributed by atoms with Crippen LogP contribution < -0.4 is 0 Å². The van der Waals surface area contributed by atoms with E-state index in [-0.39, 0.29) is 39.8 Å². The van der Waals surface area contributed by atoms with Crippen molar-refractivity contribution in [3.63, 3.8) is 0 Å². The molecule has 2 aromatic rings. The number of carbonyl (C=O) groups excluding carboxylic acids is 2. The first-order valence-electron chi connectivity index (χ1n) is 8.98. The van der Waals surface area contributed by atoms with Gasteiger partial charge in [-0.25, -0.2) is 4.98 Å². The molecule has 10 heteroatoms. The minimum Gasteiger partial charge on any atom is -0.336 e. The third kappa shape index (κ3) is 3.17. The summed E-state index contributed by atoms with van der Waals surface area (Å²) in [5.41, 5.74) is -0.983. The fourth-order valence-corrected chi connectivity index (χ4v) is 4.19. The molecule has 2 amide bonds. The van der Waals surface area contributed by atoms with Crippen molar-refractivity contribution in [3.8, 4) is 0 Å². The summed E-state index contributed by atoms with van der Waals surface area (Å²) in [6, 6.07) is 2.70. The smallest absolute Gasteiger partial charge is 0.336 e. The van der Waals surface area contributed by atoms with Gasteiger partial charge in [-0.2, -0.15) is 13.2 Å². The summed E-state index contributed by atoms with van der Waals surface area (Å²) in [5.74, 6) is -0.769. The molecule has 4 rings (SSSR count). The summed E-state index contributed by atoms with van der Waals surface area (Å²) in [5, 5.41) is 0. The highest BCUT2D eigenvalue weighted by molar-refractivity contribution is 9.10. The van der Waals surface area contributed by atoms with Gasteiger partial charge in [-0.1, -0.05) is 15.9 Å². The van der Waals surface area contributed by atoms with Crippen LogP contribution in [-0.2, 0) is 18.0 Å². The Morgan fingerprint density at radius 1 is 1.25 bits per heavy atom. The predicted octanol–water partition coefficient (Wildman–Crippen LogP) is 3.19. The zero-order valence-corrected chi connectivity index (χ0v) is 16.7. The second-order valence-electron chi connectivity index (χ2n) is 7.21. The van der Waals surface area contributed by atoms with Crippen molar-refractivity contribution in [1.29, 1.82) is 0 Å². The lowest BCUT2D eigenvalue weighted by Crippen LogP contribution is -2.57. The summed E-state index contributed by atoms with van der Waals surface area (Å²) >= 11 is 3.09. The molecule has 0 spiro atoms. The molecule has 0 atom stereocenters. The molecule has 1 aliphatic heterocycles. The van der Waals surface area contributed by atoms with Crippen molar-refractivity contribution in [2.45, 2.75) is 31.5 Å². The molecule has 1 aromatic heterocycles. The van der Waals surface area contributed by atoms with Crippen LogP contribution in [0.25, 0.3) is 11.0 Å². The van der Waals surface area contributed by atoms with Gasteiger partial charge in [-0.05, 0) is 31.4 Å². The number of alkyl halides is 3. The van der Waals surface area contributed by atoms with E-state index in [0.29, 0.717) is 13.1 Å². The van der Waals surface area contributed by atoms with E-state index in [0.717, 1.165) is 25.3 Å². The van der Waals surface area contributed by atoms with Crippen LogP contribution >= 0.6 is 15.9 Å². The Morgan fingerprint density at radius 2 is 1.96 bits per heavy atom. The highest BCUT2D eigenvalue weighted by Crippen LogP contribution is 2.37. The summed E-state index contributed by atoms with van der Waals surface area (Å²) in [4.78, 5) is 32.5. The number of aryl methyl sites for hydroxylation is 1. The van der Waals surface area contributed by atoms with E-state index in [1.165, 1.54) is 22.6 Å². The molecule has 0 unspecified atom stereocenters. The van der Waals surface area contributed by atoms with Crippen molar-refractivity contribution >= 4 is 38.8 Å². The Balaban J connectivity index is 1.65. The van der Waals surface area contributed by atoms with Gasteiger partial charge < -0.3 is 14.4 Å². The number of aromatic nitrogens is 2. The van der Waals surface area contributed by atoms with Crippen molar-refractivity contribution in [2.24, 2.45) is 7.05 Å². The van der Waals surface area contributed by atoms with Crippen molar-refractivity contribution in [3.05, 3.63) is 28.0 Å². The molecule has 0 bridgehead atoms. The number of rotatable bonds is 2. The van der Waals surface area contributed by atoms with E-state index in [1.807, 2.05) is 0 Å². The fourth-order valence-electron chi connectivity index (χ4n) is 3.75. The molecule has 1 aromatic carbocycles. The predicted molar refractivity (Wildman–Crippen MR) is 98.7 cm³/mol. The third-order valence-electron chi connectivity index (χ3n) is 5.51. The minimum atomic E-state index is -4.60. The van der Waals surface area contributed by atoms with Crippen LogP contribution in [0.2, 0.25) is 0 Å². The van der Waals surface area contributed by atoms with E-state index in [1.54, 1.807) is 4.90 Å². The van der Waals surface area contributed by atoms with Crippen LogP contribution in [-0.4, -0.2) is 56.8 Å². The van der Waals surface area contributed by atoms with Gasteiger partial charge in [0.2, 0.25) is 5.91 Å². The molecule has 2 fully saturated rings. The Labute approximate surface area is 167 Å². The molecule has 1 saturated heterocycles. The number of hydrogen-bond acceptors (Lipinski definition) is 3. The summed E-state index contributed by atoms with van der Waals surface area (Å²) in [6.07, 6.45) is -1.52. The maximum Gasteiger partial charge on any atom is 0.418 e. The Bertz CT molecular complexity index is 968. The number of carbonyl (C=O) groups is 2. The zero-order chi connectivity index (χ0) is 20.2. The number of benzene rings is 1. The number of fused-ring (bicyclic) bond motifs is 1. The van der Waals surface area contributed by atoms with E-state index in [2.05, 4.69) is 20.9 Å². The zero-order valence-electron chi connectivity index (χ0n) is 15.1. The van der Waals surface area contributed by atoms with Crippen molar-refractivity contribution in [2.75, 3.05) is 19.6 Å². The minimum absolute atomic E-state index is 0.0750. The van der Waals surface area contributed by atoms with Crippen LogP contribution in [0.1, 0.15) is 35.4 Å². The molecular formula is C18H18BrF3N4O2. The van der Waals surface area contributed by atoms with Gasteiger partial charge in [-0.3, -0.25) is 9.59 Å². The largest absolute Gasteiger partial charge is 0.418 e. The van der Waals surface area contributed by atoms with Crippen molar-refractivity contribution in [1.82, 2.24) is 19.4 Å². The second-order valence-corrected chi connectivity index (χ2v) is 8.13. The quantitative estimate of drug-likeness (QED) is 0.694. The van der Waals surface area contributed by atoms with Crippen LogP contribution in [0.15, 0.2) is 16.6 Å². The van der Waals surface area contributed by atoms with E-state index >= 15 is 0 Å². The normalized spacial score (nSPS) is 18.7. The standard InChI is InChI=1S/C18H18BrF3N4O2/c1-24-13-8-10(19)7-12(18(20,21)22)15(13)23-16(24)17(28)25-5-6-26(14(27)9-25)11-3-2-4-11/h7-8,11H,2-6,9H2,1H3. The van der Waals surface area contributed by atoms with Crippen LogP contribution in [0.4, 0.5) is 13.2 Å². The molecule has 0 radical (unpaired) electrons. The second kappa shape index (κ2) is 6.75. The number of imidazole rings is 1. The molecule has 150 valence electrons. The van der Waals surface area contributed by atoms with Crippen LogP contribution in [0.5, 0.6) is 0 Å². The van der Waals surface area contributed by atoms with E-state index in [4.69, 9.17) is 0 Å². The first kappa shape index (κ1) is 19.2. The number of nitrogens with zero attached hydrogens (tertiary/aromatic N) is 4. The fraction of sp³-hybridized carbons (Fsp3) is 0.500. The Morgan fingerprint density at radius 3 is 2.54 bits per heavy atom. The average molecular weight is 459 g/mol. The van der Waals surface area contributed by atoms with Crippen molar-refractivity contribution < 1.29 is 22.8 Å². The lowest BCUT2D eigenvalue weighted by atomic mass is 9.91. The lowest BCUT2D eigenvalue weighted by Gasteiger charge is -2.42. The molecule has 2 heterocycles. The highest BCUT2D eigenvalue weighted by atomic mass is 79.9. The summed E-state index contributed by atoms with van der Waals surface area (Å²) < 4.78 is 41.8. The topological polar surface area (TPSA) is 58.4 Å². The SMILES string of the molecule is Cn1c(C(=O)N2CCN(C3CCC3)C(=O)C2)nc2c(C(F)(F)F)cc(Br)cc21. The maximum atomic E-state index is 13.4. The van der Waals surface area contributed by atoms with Gasteiger partial charge in [0.15, 0.2) is 5.82 Å². The molecule has 6 nitrogen and oxygen atoms in total. The molecule has 2 aliphatic rings. The first-order chi connectivity index (χ1) is 13.2. The van der Waals surface area contributed by atoms with Crippen LogP contribution in [0.3, 0.4) is 0 Å². The summed E-state index contributed by atoms with van der Waals surface area (Å²) in [6.45, 7) is 0.715. The van der Waals surface area contributed by atoms with Gasteiger partial charge in [0.1, 0.15) is 12.1 Å².